The lowest BCUT2D eigenvalue weighted by atomic mass is 10.1. The maximum atomic E-state index is 11.8. The summed E-state index contributed by atoms with van der Waals surface area (Å²) in [7, 11) is 1.82. The highest BCUT2D eigenvalue weighted by molar-refractivity contribution is 5.85. The summed E-state index contributed by atoms with van der Waals surface area (Å²) < 4.78 is 7.01. The van der Waals surface area contributed by atoms with Crippen LogP contribution in [-0.4, -0.2) is 15.9 Å². The van der Waals surface area contributed by atoms with E-state index in [-0.39, 0.29) is 6.10 Å². The Morgan fingerprint density at radius 3 is 2.63 bits per heavy atom. The topological polar surface area (TPSA) is 56.1 Å². The fraction of sp³-hybridized carbons (Fsp3) is 0.286. The van der Waals surface area contributed by atoms with E-state index in [2.05, 4.69) is 10.4 Å². The molecule has 0 unspecified atom stereocenters. The Morgan fingerprint density at radius 1 is 1.37 bits per heavy atom. The maximum Gasteiger partial charge on any atom is 0.412 e. The predicted molar refractivity (Wildman–Crippen MR) is 72.9 cm³/mol. The Morgan fingerprint density at radius 2 is 2.05 bits per heavy atom. The highest BCUT2D eigenvalue weighted by atomic mass is 16.6. The van der Waals surface area contributed by atoms with Crippen LogP contribution < -0.4 is 5.32 Å². The Bertz CT molecular complexity index is 563. The standard InChI is InChI=1S/C14H17N3O2/c1-10-13(9-15-17(10)3)16-14(18)19-11(2)12-7-5-4-6-8-12/h4-9,11H,1-3H3,(H,16,18)/t11-/m1/s1. The number of hydrogen-bond donors (Lipinski definition) is 1. The molecule has 19 heavy (non-hydrogen) atoms. The van der Waals surface area contributed by atoms with E-state index in [1.807, 2.05) is 51.2 Å². The molecule has 1 N–H and O–H groups in total. The molecule has 5 heteroatoms. The lowest BCUT2D eigenvalue weighted by molar-refractivity contribution is 0.121. The molecular weight excluding hydrogens is 242 g/mol. The summed E-state index contributed by atoms with van der Waals surface area (Å²) in [6.45, 7) is 3.72. The third-order valence-electron chi connectivity index (χ3n) is 3.02. The monoisotopic (exact) mass is 259 g/mol. The van der Waals surface area contributed by atoms with Crippen molar-refractivity contribution in [1.29, 1.82) is 0 Å². The van der Waals surface area contributed by atoms with Gasteiger partial charge in [0.05, 0.1) is 17.6 Å². The molecule has 0 saturated carbocycles. The minimum absolute atomic E-state index is 0.293. The number of anilines is 1. The van der Waals surface area contributed by atoms with Crippen LogP contribution in [0.1, 0.15) is 24.3 Å². The van der Waals surface area contributed by atoms with Crippen molar-refractivity contribution in [3.8, 4) is 0 Å². The fourth-order valence-corrected chi connectivity index (χ4v) is 1.71. The number of ether oxygens (including phenoxy) is 1. The van der Waals surface area contributed by atoms with Crippen molar-refractivity contribution in [2.45, 2.75) is 20.0 Å². The Hall–Kier alpha value is -2.30. The van der Waals surface area contributed by atoms with Gasteiger partial charge in [-0.3, -0.25) is 10.00 Å². The van der Waals surface area contributed by atoms with Crippen molar-refractivity contribution in [2.24, 2.45) is 7.05 Å². The molecular formula is C14H17N3O2. The van der Waals surface area contributed by atoms with E-state index in [1.54, 1.807) is 10.9 Å². The normalized spacial score (nSPS) is 11.9. The molecule has 5 nitrogen and oxygen atoms in total. The molecule has 100 valence electrons. The average Bonchev–Trinajstić information content (AvgIpc) is 2.71. The minimum atomic E-state index is -0.479. The highest BCUT2D eigenvalue weighted by Crippen LogP contribution is 2.18. The molecule has 2 aromatic rings. The van der Waals surface area contributed by atoms with E-state index in [0.717, 1.165) is 11.3 Å². The van der Waals surface area contributed by atoms with Gasteiger partial charge in [-0.05, 0) is 19.4 Å². The van der Waals surface area contributed by atoms with Crippen LogP contribution in [0.4, 0.5) is 10.5 Å². The van der Waals surface area contributed by atoms with Crippen molar-refractivity contribution in [1.82, 2.24) is 9.78 Å². The van der Waals surface area contributed by atoms with E-state index in [9.17, 15) is 4.79 Å². The molecule has 0 spiro atoms. The summed E-state index contributed by atoms with van der Waals surface area (Å²) in [4.78, 5) is 11.8. The largest absolute Gasteiger partial charge is 0.441 e. The van der Waals surface area contributed by atoms with Gasteiger partial charge in [-0.1, -0.05) is 30.3 Å². The van der Waals surface area contributed by atoms with Crippen molar-refractivity contribution < 1.29 is 9.53 Å². The van der Waals surface area contributed by atoms with Crippen LogP contribution in [0.15, 0.2) is 36.5 Å². The third kappa shape index (κ3) is 3.13. The van der Waals surface area contributed by atoms with E-state index in [1.165, 1.54) is 0 Å². The van der Waals surface area contributed by atoms with E-state index < -0.39 is 6.09 Å². The molecule has 1 aromatic heterocycles. The van der Waals surface area contributed by atoms with Gasteiger partial charge in [0.25, 0.3) is 0 Å². The summed E-state index contributed by atoms with van der Waals surface area (Å²) in [5.74, 6) is 0. The van der Waals surface area contributed by atoms with Gasteiger partial charge in [-0.2, -0.15) is 5.10 Å². The second-order valence-corrected chi connectivity index (χ2v) is 4.35. The van der Waals surface area contributed by atoms with E-state index in [4.69, 9.17) is 4.74 Å². The first-order valence-electron chi connectivity index (χ1n) is 6.09. The summed E-state index contributed by atoms with van der Waals surface area (Å²) in [5.41, 5.74) is 2.50. The van der Waals surface area contributed by atoms with Gasteiger partial charge in [0.2, 0.25) is 0 Å². The highest BCUT2D eigenvalue weighted by Gasteiger charge is 2.13. The van der Waals surface area contributed by atoms with Gasteiger partial charge in [-0.15, -0.1) is 0 Å². The molecule has 1 atom stereocenters. The van der Waals surface area contributed by atoms with Crippen molar-refractivity contribution >= 4 is 11.8 Å². The lowest BCUT2D eigenvalue weighted by Crippen LogP contribution is -2.16. The summed E-state index contributed by atoms with van der Waals surface area (Å²) >= 11 is 0. The van der Waals surface area contributed by atoms with Crippen molar-refractivity contribution in [2.75, 3.05) is 5.32 Å². The Kier molecular flexibility index (Phi) is 3.85. The molecule has 1 aromatic carbocycles. The van der Waals surface area contributed by atoms with E-state index >= 15 is 0 Å². The average molecular weight is 259 g/mol. The summed E-state index contributed by atoms with van der Waals surface area (Å²) in [6, 6.07) is 9.60. The lowest BCUT2D eigenvalue weighted by Gasteiger charge is -2.13. The van der Waals surface area contributed by atoms with Gasteiger partial charge in [-0.25, -0.2) is 4.79 Å². The number of aryl methyl sites for hydroxylation is 1. The van der Waals surface area contributed by atoms with Crippen LogP contribution in [0.25, 0.3) is 0 Å². The van der Waals surface area contributed by atoms with Crippen molar-refractivity contribution in [3.05, 3.63) is 47.8 Å². The first kappa shape index (κ1) is 13.1. The number of carbonyl (C=O) groups excluding carboxylic acids is 1. The van der Waals surface area contributed by atoms with Crippen molar-refractivity contribution in [3.63, 3.8) is 0 Å². The first-order chi connectivity index (χ1) is 9.08. The second kappa shape index (κ2) is 5.56. The number of nitrogens with one attached hydrogen (secondary N) is 1. The zero-order chi connectivity index (χ0) is 13.8. The number of nitrogens with zero attached hydrogens (tertiary/aromatic N) is 2. The molecule has 1 heterocycles. The third-order valence-corrected chi connectivity index (χ3v) is 3.02. The van der Waals surface area contributed by atoms with Gasteiger partial charge in [0.15, 0.2) is 0 Å². The number of aromatic nitrogens is 2. The number of rotatable bonds is 3. The van der Waals surface area contributed by atoms with Crippen LogP contribution in [0.3, 0.4) is 0 Å². The number of benzene rings is 1. The van der Waals surface area contributed by atoms with Crippen LogP contribution in [0.5, 0.6) is 0 Å². The Labute approximate surface area is 112 Å². The molecule has 0 radical (unpaired) electrons. The predicted octanol–water partition coefficient (Wildman–Crippen LogP) is 3.04. The van der Waals surface area contributed by atoms with Crippen LogP contribution in [-0.2, 0) is 11.8 Å². The molecule has 0 aliphatic rings. The molecule has 2 rings (SSSR count). The van der Waals surface area contributed by atoms with Gasteiger partial charge >= 0.3 is 6.09 Å². The molecule has 0 aliphatic heterocycles. The zero-order valence-corrected chi connectivity index (χ0v) is 11.3. The molecule has 0 aliphatic carbocycles. The van der Waals surface area contributed by atoms with Crippen LogP contribution >= 0.6 is 0 Å². The van der Waals surface area contributed by atoms with E-state index in [0.29, 0.717) is 5.69 Å². The quantitative estimate of drug-likeness (QED) is 0.921. The summed E-state index contributed by atoms with van der Waals surface area (Å²) in [5, 5.41) is 6.74. The SMILES string of the molecule is Cc1c(NC(=O)O[C@H](C)c2ccccc2)cnn1C. The van der Waals surface area contributed by atoms with Crippen LogP contribution in [0.2, 0.25) is 0 Å². The van der Waals surface area contributed by atoms with Gasteiger partial charge < -0.3 is 4.74 Å². The zero-order valence-electron chi connectivity index (χ0n) is 11.3. The molecule has 0 fully saturated rings. The number of hydrogen-bond acceptors (Lipinski definition) is 3. The van der Waals surface area contributed by atoms with Gasteiger partial charge in [0, 0.05) is 7.05 Å². The maximum absolute atomic E-state index is 11.8. The second-order valence-electron chi connectivity index (χ2n) is 4.35. The smallest absolute Gasteiger partial charge is 0.412 e. The van der Waals surface area contributed by atoms with Crippen LogP contribution in [0, 0.1) is 6.92 Å². The molecule has 0 saturated heterocycles. The fourth-order valence-electron chi connectivity index (χ4n) is 1.71. The Balaban J connectivity index is 1.97. The van der Waals surface area contributed by atoms with Gasteiger partial charge in [0.1, 0.15) is 6.10 Å². The first-order valence-corrected chi connectivity index (χ1v) is 6.09. The minimum Gasteiger partial charge on any atom is -0.441 e. The summed E-state index contributed by atoms with van der Waals surface area (Å²) in [6.07, 6.45) is 0.828. The molecule has 0 bridgehead atoms. The number of carbonyl (C=O) groups is 1. The molecule has 1 amide bonds. The number of amides is 1.